The summed E-state index contributed by atoms with van der Waals surface area (Å²) in [6, 6.07) is 5.57. The fraction of sp³-hybridized carbons (Fsp3) is 0.182. The second kappa shape index (κ2) is 5.70. The lowest BCUT2D eigenvalue weighted by molar-refractivity contribution is 0.987. The van der Waals surface area contributed by atoms with Crippen LogP contribution in [0.1, 0.15) is 10.7 Å². The van der Waals surface area contributed by atoms with Gasteiger partial charge in [-0.05, 0) is 12.1 Å². The molecule has 3 N–H and O–H groups in total. The summed E-state index contributed by atoms with van der Waals surface area (Å²) < 4.78 is 0. The van der Waals surface area contributed by atoms with Gasteiger partial charge in [0.05, 0.1) is 10.7 Å². The van der Waals surface area contributed by atoms with Gasteiger partial charge in [0.1, 0.15) is 10.8 Å². The molecule has 0 amide bonds. The van der Waals surface area contributed by atoms with Gasteiger partial charge in [-0.25, -0.2) is 9.97 Å². The first-order valence-corrected chi connectivity index (χ1v) is 6.43. The van der Waals surface area contributed by atoms with E-state index in [9.17, 15) is 0 Å². The van der Waals surface area contributed by atoms with Crippen molar-refractivity contribution in [1.82, 2.24) is 9.97 Å². The molecule has 0 unspecified atom stereocenters. The molecule has 17 heavy (non-hydrogen) atoms. The highest BCUT2D eigenvalue weighted by atomic mass is 32.1. The van der Waals surface area contributed by atoms with Crippen LogP contribution in [0, 0.1) is 0 Å². The molecule has 0 aliphatic carbocycles. The van der Waals surface area contributed by atoms with Crippen LogP contribution in [0.15, 0.2) is 29.8 Å². The highest BCUT2D eigenvalue weighted by molar-refractivity contribution is 7.80. The lowest BCUT2D eigenvalue weighted by atomic mass is 10.3. The molecular formula is C11H12N4S2. The summed E-state index contributed by atoms with van der Waals surface area (Å²) in [6.07, 6.45) is 2.70. The fourth-order valence-corrected chi connectivity index (χ4v) is 2.08. The third-order valence-electron chi connectivity index (χ3n) is 2.13. The fourth-order valence-electron chi connectivity index (χ4n) is 1.34. The van der Waals surface area contributed by atoms with Gasteiger partial charge in [-0.3, -0.25) is 0 Å². The predicted octanol–water partition coefficient (Wildman–Crippen LogP) is 1.83. The Labute approximate surface area is 109 Å². The Kier molecular flexibility index (Phi) is 4.00. The van der Waals surface area contributed by atoms with E-state index in [0.717, 1.165) is 23.8 Å². The second-order valence-corrected chi connectivity index (χ2v) is 4.79. The number of rotatable bonds is 5. The van der Waals surface area contributed by atoms with E-state index in [2.05, 4.69) is 15.3 Å². The summed E-state index contributed by atoms with van der Waals surface area (Å²) in [4.78, 5) is 8.82. The van der Waals surface area contributed by atoms with E-state index < -0.39 is 0 Å². The average Bonchev–Trinajstić information content (AvgIpc) is 2.82. The van der Waals surface area contributed by atoms with E-state index in [0.29, 0.717) is 10.7 Å². The number of hydrogen-bond donors (Lipinski definition) is 2. The van der Waals surface area contributed by atoms with Gasteiger partial charge in [-0.2, -0.15) is 0 Å². The summed E-state index contributed by atoms with van der Waals surface area (Å²) in [5, 5.41) is 6.31. The first kappa shape index (κ1) is 11.9. The van der Waals surface area contributed by atoms with Crippen molar-refractivity contribution in [3.05, 3.63) is 40.5 Å². The molecule has 0 aliphatic heterocycles. The van der Waals surface area contributed by atoms with Crippen LogP contribution in [-0.2, 0) is 6.42 Å². The number of nitrogens with zero attached hydrogens (tertiary/aromatic N) is 2. The zero-order valence-electron chi connectivity index (χ0n) is 9.09. The van der Waals surface area contributed by atoms with Crippen LogP contribution >= 0.6 is 23.6 Å². The van der Waals surface area contributed by atoms with Crippen molar-refractivity contribution < 1.29 is 0 Å². The molecule has 0 fully saturated rings. The number of thiazole rings is 1. The van der Waals surface area contributed by atoms with Crippen molar-refractivity contribution in [3.8, 4) is 0 Å². The minimum atomic E-state index is 0.313. The molecule has 2 heterocycles. The number of pyridine rings is 1. The molecule has 0 aromatic carbocycles. The van der Waals surface area contributed by atoms with Crippen LogP contribution in [0.5, 0.6) is 0 Å². The van der Waals surface area contributed by atoms with E-state index in [-0.39, 0.29) is 0 Å². The lowest BCUT2D eigenvalue weighted by Gasteiger charge is -2.05. The number of thiocarbonyl (C=S) groups is 1. The van der Waals surface area contributed by atoms with E-state index in [1.807, 2.05) is 23.7 Å². The second-order valence-electron chi connectivity index (χ2n) is 3.37. The van der Waals surface area contributed by atoms with Crippen LogP contribution in [0.4, 0.5) is 5.82 Å². The first-order valence-electron chi connectivity index (χ1n) is 5.15. The number of aromatic nitrogens is 2. The third kappa shape index (κ3) is 3.47. The molecule has 2 rings (SSSR count). The Hall–Kier alpha value is -1.53. The van der Waals surface area contributed by atoms with Crippen molar-refractivity contribution in [3.63, 3.8) is 0 Å². The summed E-state index contributed by atoms with van der Waals surface area (Å²) in [6.45, 7) is 0.793. The van der Waals surface area contributed by atoms with Crippen molar-refractivity contribution in [1.29, 1.82) is 0 Å². The molecule has 0 atom stereocenters. The number of anilines is 1. The summed E-state index contributed by atoms with van der Waals surface area (Å²) in [5.41, 5.74) is 6.16. The van der Waals surface area contributed by atoms with Gasteiger partial charge >= 0.3 is 0 Å². The largest absolute Gasteiger partial charge is 0.388 e. The summed E-state index contributed by atoms with van der Waals surface area (Å²) in [7, 11) is 0. The zero-order valence-corrected chi connectivity index (χ0v) is 10.7. The van der Waals surface area contributed by atoms with E-state index in [4.69, 9.17) is 18.0 Å². The highest BCUT2D eigenvalue weighted by Crippen LogP contribution is 2.07. The van der Waals surface area contributed by atoms with Gasteiger partial charge in [0, 0.05) is 24.5 Å². The Morgan fingerprint density at radius 1 is 1.47 bits per heavy atom. The summed E-state index contributed by atoms with van der Waals surface area (Å²) >= 11 is 6.53. The standard InChI is InChI=1S/C11H12N4S2/c12-11(16)8-2-1-3-9(15-8)13-5-4-10-14-6-7-17-10/h1-3,6-7H,4-5H2,(H2,12,16)(H,13,15). The molecule has 2 aromatic rings. The molecule has 0 saturated heterocycles. The van der Waals surface area contributed by atoms with Crippen LogP contribution in [-0.4, -0.2) is 21.5 Å². The van der Waals surface area contributed by atoms with Gasteiger partial charge in [0.25, 0.3) is 0 Å². The molecule has 88 valence electrons. The topological polar surface area (TPSA) is 63.8 Å². The van der Waals surface area contributed by atoms with Crippen molar-refractivity contribution in [2.24, 2.45) is 5.73 Å². The van der Waals surface area contributed by atoms with Gasteiger partial charge in [0.2, 0.25) is 0 Å². The number of nitrogens with one attached hydrogen (secondary N) is 1. The maximum Gasteiger partial charge on any atom is 0.126 e. The average molecular weight is 264 g/mol. The number of nitrogens with two attached hydrogens (primary N) is 1. The summed E-state index contributed by atoms with van der Waals surface area (Å²) in [5.74, 6) is 0.784. The molecule has 0 bridgehead atoms. The molecular weight excluding hydrogens is 252 g/mol. The van der Waals surface area contributed by atoms with E-state index in [1.54, 1.807) is 17.4 Å². The quantitative estimate of drug-likeness (QED) is 0.807. The lowest BCUT2D eigenvalue weighted by Crippen LogP contribution is -2.13. The van der Waals surface area contributed by atoms with Gasteiger partial charge in [-0.1, -0.05) is 18.3 Å². The molecule has 6 heteroatoms. The van der Waals surface area contributed by atoms with Crippen LogP contribution in [0.2, 0.25) is 0 Å². The van der Waals surface area contributed by atoms with Crippen LogP contribution in [0.3, 0.4) is 0 Å². The van der Waals surface area contributed by atoms with E-state index >= 15 is 0 Å². The van der Waals surface area contributed by atoms with Crippen molar-refractivity contribution >= 4 is 34.4 Å². The zero-order chi connectivity index (χ0) is 12.1. The highest BCUT2D eigenvalue weighted by Gasteiger charge is 2.00. The Bertz CT molecular complexity index is 496. The maximum atomic E-state index is 5.52. The molecule has 0 saturated carbocycles. The minimum Gasteiger partial charge on any atom is -0.388 e. The van der Waals surface area contributed by atoms with Crippen molar-refractivity contribution in [2.75, 3.05) is 11.9 Å². The Morgan fingerprint density at radius 2 is 2.35 bits per heavy atom. The molecule has 0 aliphatic rings. The minimum absolute atomic E-state index is 0.313. The molecule has 0 spiro atoms. The molecule has 4 nitrogen and oxygen atoms in total. The predicted molar refractivity (Wildman–Crippen MR) is 74.4 cm³/mol. The van der Waals surface area contributed by atoms with Gasteiger partial charge < -0.3 is 11.1 Å². The smallest absolute Gasteiger partial charge is 0.126 e. The Balaban J connectivity index is 1.90. The van der Waals surface area contributed by atoms with Gasteiger partial charge in [-0.15, -0.1) is 11.3 Å². The first-order chi connectivity index (χ1) is 8.25. The molecule has 0 radical (unpaired) electrons. The third-order valence-corrected chi connectivity index (χ3v) is 3.18. The van der Waals surface area contributed by atoms with Crippen LogP contribution < -0.4 is 11.1 Å². The monoisotopic (exact) mass is 264 g/mol. The molecule has 2 aromatic heterocycles. The number of hydrogen-bond acceptors (Lipinski definition) is 5. The maximum absolute atomic E-state index is 5.52. The Morgan fingerprint density at radius 3 is 3.06 bits per heavy atom. The van der Waals surface area contributed by atoms with Gasteiger partial charge in [0.15, 0.2) is 0 Å². The van der Waals surface area contributed by atoms with Crippen LogP contribution in [0.25, 0.3) is 0 Å². The van der Waals surface area contributed by atoms with E-state index in [1.165, 1.54) is 0 Å². The SMILES string of the molecule is NC(=S)c1cccc(NCCc2nccs2)n1. The normalized spacial score (nSPS) is 10.1. The van der Waals surface area contributed by atoms with Crippen molar-refractivity contribution in [2.45, 2.75) is 6.42 Å².